The number of methoxy groups -OCH3 is 1. The summed E-state index contributed by atoms with van der Waals surface area (Å²) in [5.74, 6) is -9.67. The van der Waals surface area contributed by atoms with Gasteiger partial charge in [0.15, 0.2) is 5.82 Å². The predicted octanol–water partition coefficient (Wildman–Crippen LogP) is 4.34. The van der Waals surface area contributed by atoms with Gasteiger partial charge in [0.1, 0.15) is 34.9 Å². The number of likely N-dealkylation sites (tertiary alicyclic amines) is 2. The molecule has 73 heavy (non-hydrogen) atoms. The number of amides is 8. The number of aromatic nitrogens is 2. The van der Waals surface area contributed by atoms with E-state index in [1.807, 2.05) is 0 Å². The standard InChI is InChI=1S/C49H56F3N11O10/c1-48(2,3)73-47(71)61-23-26(54-31-12-8-11-28-38(31)44(69)63(42(28)67)33-13-14-37(64)57-41(33)66)19-34(61)43(68)60-17-15-25(16-18-60)55-40(65)29-20-36(72-5)32(21-30(29)50)56-46-53-22-35-39(58-46)62(27-9-6-7-10-27)24-49(51,52)45(70)59(35)4/h8,11-12,20-22,25-27,33-34,54H,6-7,9-10,13-19,23-24H2,1-5H3,(H,55,65)(H,53,56,58)(H,57,64,66)/t26-,33?,34-/m0/s1. The number of alkyl halides is 2. The number of benzene rings is 2. The molecule has 9 rings (SSSR count). The van der Waals surface area contributed by atoms with Crippen molar-refractivity contribution < 1.29 is 61.0 Å². The number of ether oxygens (including phenoxy) is 2. The van der Waals surface area contributed by atoms with Gasteiger partial charge in [-0.3, -0.25) is 48.7 Å². The average Bonchev–Trinajstić information content (AvgIpc) is 4.08. The highest BCUT2D eigenvalue weighted by molar-refractivity contribution is 6.25. The van der Waals surface area contributed by atoms with Gasteiger partial charge in [0.05, 0.1) is 42.2 Å². The number of anilines is 5. The molecule has 3 atom stereocenters. The summed E-state index contributed by atoms with van der Waals surface area (Å²) in [5, 5.41) is 11.2. The Hall–Kier alpha value is -7.53. The number of carbonyl (C=O) groups excluding carboxylic acids is 8. The van der Waals surface area contributed by atoms with Crippen molar-refractivity contribution in [3.8, 4) is 5.75 Å². The van der Waals surface area contributed by atoms with Crippen LogP contribution in [0.2, 0.25) is 0 Å². The van der Waals surface area contributed by atoms with Crippen LogP contribution in [-0.2, 0) is 23.9 Å². The van der Waals surface area contributed by atoms with Crippen LogP contribution in [-0.4, -0.2) is 154 Å². The van der Waals surface area contributed by atoms with E-state index in [1.54, 1.807) is 37.8 Å². The van der Waals surface area contributed by atoms with Crippen molar-refractivity contribution in [2.75, 3.05) is 60.8 Å². The number of hydrogen-bond donors (Lipinski definition) is 4. The van der Waals surface area contributed by atoms with E-state index in [0.29, 0.717) is 12.8 Å². The summed E-state index contributed by atoms with van der Waals surface area (Å²) in [6.45, 7) is 4.56. The van der Waals surface area contributed by atoms with Crippen molar-refractivity contribution in [3.05, 3.63) is 59.0 Å². The molecule has 1 aromatic heterocycles. The summed E-state index contributed by atoms with van der Waals surface area (Å²) in [7, 11) is 2.55. The second-order valence-corrected chi connectivity index (χ2v) is 20.2. The molecule has 2 aromatic carbocycles. The molecule has 1 aliphatic carbocycles. The minimum Gasteiger partial charge on any atom is -0.495 e. The van der Waals surface area contributed by atoms with Crippen molar-refractivity contribution in [2.24, 2.45) is 0 Å². The lowest BCUT2D eigenvalue weighted by Gasteiger charge is -2.36. The Morgan fingerprint density at radius 1 is 0.932 bits per heavy atom. The molecule has 3 aromatic rings. The second kappa shape index (κ2) is 19.5. The first-order valence-corrected chi connectivity index (χ1v) is 24.3. The molecule has 0 spiro atoms. The minimum absolute atomic E-state index is 0.00946. The maximum absolute atomic E-state index is 15.9. The monoisotopic (exact) mass is 1020 g/mol. The van der Waals surface area contributed by atoms with Crippen LogP contribution in [0.4, 0.5) is 46.8 Å². The van der Waals surface area contributed by atoms with Crippen LogP contribution < -0.4 is 35.8 Å². The third-order valence-corrected chi connectivity index (χ3v) is 14.1. The van der Waals surface area contributed by atoms with Crippen LogP contribution >= 0.6 is 0 Å². The third kappa shape index (κ3) is 9.89. The van der Waals surface area contributed by atoms with Crippen LogP contribution in [0.15, 0.2) is 36.5 Å². The Bertz CT molecular complexity index is 2790. The molecule has 8 amide bonds. The molecule has 4 N–H and O–H groups in total. The smallest absolute Gasteiger partial charge is 0.411 e. The lowest BCUT2D eigenvalue weighted by Crippen LogP contribution is -2.54. The van der Waals surface area contributed by atoms with Gasteiger partial charge in [-0.15, -0.1) is 0 Å². The molecule has 1 unspecified atom stereocenters. The summed E-state index contributed by atoms with van der Waals surface area (Å²) in [6, 6.07) is 3.33. The summed E-state index contributed by atoms with van der Waals surface area (Å²) in [5.41, 5.74) is -0.758. The maximum atomic E-state index is 15.9. The zero-order chi connectivity index (χ0) is 52.3. The van der Waals surface area contributed by atoms with Crippen molar-refractivity contribution in [3.63, 3.8) is 0 Å². The van der Waals surface area contributed by atoms with E-state index in [-0.39, 0.29) is 115 Å². The molecule has 24 heteroatoms. The van der Waals surface area contributed by atoms with E-state index in [0.717, 1.165) is 28.7 Å². The largest absolute Gasteiger partial charge is 0.495 e. The zero-order valence-corrected chi connectivity index (χ0v) is 40.9. The summed E-state index contributed by atoms with van der Waals surface area (Å²) in [6.07, 6.45) is 4.07. The summed E-state index contributed by atoms with van der Waals surface area (Å²) < 4.78 is 57.4. The molecule has 5 aliphatic heterocycles. The third-order valence-electron chi connectivity index (χ3n) is 14.1. The Morgan fingerprint density at radius 3 is 2.34 bits per heavy atom. The van der Waals surface area contributed by atoms with Gasteiger partial charge in [0, 0.05) is 63.0 Å². The molecule has 6 heterocycles. The van der Waals surface area contributed by atoms with E-state index in [1.165, 1.54) is 42.3 Å². The van der Waals surface area contributed by atoms with Gasteiger partial charge < -0.3 is 40.1 Å². The van der Waals surface area contributed by atoms with Crippen LogP contribution in [0.3, 0.4) is 0 Å². The number of carbonyl (C=O) groups is 8. The average molecular weight is 1020 g/mol. The van der Waals surface area contributed by atoms with Gasteiger partial charge in [-0.2, -0.15) is 13.8 Å². The van der Waals surface area contributed by atoms with E-state index in [9.17, 15) is 38.4 Å². The first-order valence-electron chi connectivity index (χ1n) is 24.3. The Balaban J connectivity index is 0.852. The number of hydrogen-bond acceptors (Lipinski definition) is 15. The predicted molar refractivity (Wildman–Crippen MR) is 255 cm³/mol. The normalized spacial score (nSPS) is 22.5. The fourth-order valence-electron chi connectivity index (χ4n) is 10.5. The van der Waals surface area contributed by atoms with Crippen molar-refractivity contribution in [2.45, 2.75) is 120 Å². The molecule has 21 nitrogen and oxygen atoms in total. The highest BCUT2D eigenvalue weighted by Crippen LogP contribution is 2.41. The number of halogens is 3. The van der Waals surface area contributed by atoms with E-state index >= 15 is 13.2 Å². The minimum atomic E-state index is -3.68. The highest BCUT2D eigenvalue weighted by atomic mass is 19.3. The van der Waals surface area contributed by atoms with E-state index in [4.69, 9.17) is 9.47 Å². The summed E-state index contributed by atoms with van der Waals surface area (Å²) >= 11 is 0. The Kier molecular flexibility index (Phi) is 13.5. The molecule has 388 valence electrons. The number of imide groups is 2. The number of fused-ring (bicyclic) bond motifs is 2. The maximum Gasteiger partial charge on any atom is 0.411 e. The zero-order valence-electron chi connectivity index (χ0n) is 40.9. The van der Waals surface area contributed by atoms with Crippen molar-refractivity contribution >= 4 is 76.3 Å². The van der Waals surface area contributed by atoms with Gasteiger partial charge in [-0.05, 0) is 77.5 Å². The van der Waals surface area contributed by atoms with Crippen LogP contribution in [0.1, 0.15) is 110 Å². The fraction of sp³-hybridized carbons (Fsp3) is 0.510. The fourth-order valence-corrected chi connectivity index (χ4v) is 10.5. The SMILES string of the molecule is COc1cc(C(=O)NC2CCN(C(=O)[C@@H]3C[C@H](Nc4cccc5c4C(=O)N(C4CCC(=O)NC4=O)C5=O)CN3C(=O)OC(C)(C)C)CC2)c(F)cc1Nc1ncc2c(n1)N(C1CCCC1)CC(F)(F)C(=O)N2C. The molecule has 0 bridgehead atoms. The van der Waals surface area contributed by atoms with Gasteiger partial charge in [0.2, 0.25) is 23.7 Å². The molecular weight excluding hydrogens is 960 g/mol. The molecule has 3 saturated heterocycles. The Labute approximate surface area is 417 Å². The van der Waals surface area contributed by atoms with E-state index < -0.39 is 89.6 Å². The first-order chi connectivity index (χ1) is 34.6. The number of piperidine rings is 2. The first kappa shape index (κ1) is 50.4. The molecule has 6 aliphatic rings. The number of nitrogens with zero attached hydrogens (tertiary/aromatic N) is 7. The second-order valence-electron chi connectivity index (χ2n) is 20.2. The van der Waals surface area contributed by atoms with Gasteiger partial charge in [-0.1, -0.05) is 18.9 Å². The number of rotatable bonds is 10. The van der Waals surface area contributed by atoms with Gasteiger partial charge in [-0.25, -0.2) is 14.2 Å². The van der Waals surface area contributed by atoms with Gasteiger partial charge >= 0.3 is 12.0 Å². The topological polar surface area (TPSA) is 245 Å². The van der Waals surface area contributed by atoms with E-state index in [2.05, 4.69) is 31.2 Å². The van der Waals surface area contributed by atoms with Gasteiger partial charge in [0.25, 0.3) is 23.6 Å². The van der Waals surface area contributed by atoms with Crippen molar-refractivity contribution in [1.29, 1.82) is 0 Å². The molecular formula is C49H56F3N11O10. The van der Waals surface area contributed by atoms with Crippen LogP contribution in [0.25, 0.3) is 0 Å². The van der Waals surface area contributed by atoms with Crippen molar-refractivity contribution in [1.82, 2.24) is 35.3 Å². The Morgan fingerprint density at radius 2 is 1.66 bits per heavy atom. The molecule has 0 radical (unpaired) electrons. The van der Waals surface area contributed by atoms with Crippen LogP contribution in [0.5, 0.6) is 5.75 Å². The summed E-state index contributed by atoms with van der Waals surface area (Å²) in [4.78, 5) is 121. The lowest BCUT2D eigenvalue weighted by molar-refractivity contribution is -0.140. The van der Waals surface area contributed by atoms with Crippen LogP contribution in [0, 0.1) is 5.82 Å². The molecule has 4 fully saturated rings. The lowest BCUT2D eigenvalue weighted by atomic mass is 10.0. The number of nitrogens with one attached hydrogen (secondary N) is 4. The highest BCUT2D eigenvalue weighted by Gasteiger charge is 2.50. The quantitative estimate of drug-likeness (QED) is 0.207. The molecule has 1 saturated carbocycles.